The van der Waals surface area contributed by atoms with Gasteiger partial charge < -0.3 is 20.5 Å². The molecule has 0 aromatic rings. The predicted molar refractivity (Wildman–Crippen MR) is 73.3 cm³/mol. The Hall–Kier alpha value is -1.14. The third kappa shape index (κ3) is 3.49. The highest BCUT2D eigenvalue weighted by Gasteiger charge is 2.47. The Morgan fingerprint density at radius 3 is 2.75 bits per heavy atom. The third-order valence-electron chi connectivity index (χ3n) is 4.52. The second kappa shape index (κ2) is 6.54. The largest absolute Gasteiger partial charge is 0.481 e. The van der Waals surface area contributed by atoms with Gasteiger partial charge in [-0.05, 0) is 45.2 Å². The molecule has 2 saturated heterocycles. The molecule has 2 aliphatic heterocycles. The number of carboxylic acid groups (broad SMARTS) is 1. The summed E-state index contributed by atoms with van der Waals surface area (Å²) in [5, 5.41) is 15.4. The second-order valence-electron chi connectivity index (χ2n) is 6.09. The molecule has 6 nitrogen and oxygen atoms in total. The molecule has 20 heavy (non-hydrogen) atoms. The van der Waals surface area contributed by atoms with E-state index in [0.29, 0.717) is 12.3 Å². The van der Waals surface area contributed by atoms with Crippen molar-refractivity contribution in [3.63, 3.8) is 0 Å². The van der Waals surface area contributed by atoms with Crippen molar-refractivity contribution in [1.29, 1.82) is 0 Å². The summed E-state index contributed by atoms with van der Waals surface area (Å²) in [6.07, 6.45) is 3.58. The van der Waals surface area contributed by atoms with Gasteiger partial charge in [-0.15, -0.1) is 0 Å². The van der Waals surface area contributed by atoms with Crippen LogP contribution in [0.5, 0.6) is 0 Å². The zero-order chi connectivity index (χ0) is 14.6. The molecule has 2 rings (SSSR count). The topological polar surface area (TPSA) is 87.7 Å². The number of amides is 1. The van der Waals surface area contributed by atoms with Gasteiger partial charge in [0.15, 0.2) is 0 Å². The maximum Gasteiger partial charge on any atom is 0.313 e. The Balaban J connectivity index is 1.77. The van der Waals surface area contributed by atoms with E-state index in [1.165, 1.54) is 0 Å². The molecule has 2 heterocycles. The highest BCUT2D eigenvalue weighted by molar-refractivity contribution is 5.80. The number of hydrogen-bond donors (Lipinski definition) is 3. The molecule has 0 aliphatic carbocycles. The zero-order valence-corrected chi connectivity index (χ0v) is 12.0. The van der Waals surface area contributed by atoms with Gasteiger partial charge in [-0.2, -0.15) is 0 Å². The Bertz CT molecular complexity index is 368. The summed E-state index contributed by atoms with van der Waals surface area (Å²) in [4.78, 5) is 23.3. The molecule has 1 amide bonds. The van der Waals surface area contributed by atoms with Crippen LogP contribution in [-0.4, -0.2) is 49.3 Å². The van der Waals surface area contributed by atoms with Crippen LogP contribution in [0.25, 0.3) is 0 Å². The molecule has 6 heteroatoms. The molecule has 0 aromatic heterocycles. The minimum Gasteiger partial charge on any atom is -0.481 e. The molecule has 0 radical (unpaired) electrons. The molecule has 2 unspecified atom stereocenters. The van der Waals surface area contributed by atoms with E-state index < -0.39 is 17.4 Å². The van der Waals surface area contributed by atoms with Crippen LogP contribution in [0, 0.1) is 11.3 Å². The molecule has 2 aliphatic rings. The number of carbonyl (C=O) groups excluding carboxylic acids is 1. The van der Waals surface area contributed by atoms with Crippen molar-refractivity contribution in [2.75, 3.05) is 26.3 Å². The van der Waals surface area contributed by atoms with Gasteiger partial charge in [0.2, 0.25) is 5.91 Å². The lowest BCUT2D eigenvalue weighted by Crippen LogP contribution is -2.49. The summed E-state index contributed by atoms with van der Waals surface area (Å²) in [5.41, 5.74) is -1.01. The van der Waals surface area contributed by atoms with Crippen molar-refractivity contribution < 1.29 is 19.4 Å². The lowest BCUT2D eigenvalue weighted by molar-refractivity contribution is -0.149. The van der Waals surface area contributed by atoms with Crippen LogP contribution in [0.2, 0.25) is 0 Å². The maximum atomic E-state index is 12.0. The minimum absolute atomic E-state index is 0.0634. The van der Waals surface area contributed by atoms with E-state index in [9.17, 15) is 14.7 Å². The monoisotopic (exact) mass is 284 g/mol. The number of piperidine rings is 1. The predicted octanol–water partition coefficient (Wildman–Crippen LogP) is 0.372. The molecule has 114 valence electrons. The van der Waals surface area contributed by atoms with Crippen LogP contribution in [0.1, 0.15) is 32.6 Å². The first-order valence-electron chi connectivity index (χ1n) is 7.33. The van der Waals surface area contributed by atoms with Crippen molar-refractivity contribution in [3.8, 4) is 0 Å². The van der Waals surface area contributed by atoms with Crippen LogP contribution in [0.4, 0.5) is 0 Å². The maximum absolute atomic E-state index is 12.0. The quantitative estimate of drug-likeness (QED) is 0.679. The first-order chi connectivity index (χ1) is 9.52. The van der Waals surface area contributed by atoms with Gasteiger partial charge in [0.05, 0.1) is 19.3 Å². The average Bonchev–Trinajstić information content (AvgIpc) is 2.80. The standard InChI is InChI=1S/C14H24N2O4/c1-14(13(18)19)9-20-8-11(14)16-12(17)3-2-10-4-6-15-7-5-10/h10-11,15H,2-9H2,1H3,(H,16,17)(H,18,19). The lowest BCUT2D eigenvalue weighted by atomic mass is 9.85. The second-order valence-corrected chi connectivity index (χ2v) is 6.09. The van der Waals surface area contributed by atoms with Gasteiger partial charge in [0.25, 0.3) is 0 Å². The lowest BCUT2D eigenvalue weighted by Gasteiger charge is -2.26. The third-order valence-corrected chi connectivity index (χ3v) is 4.52. The molecule has 0 spiro atoms. The zero-order valence-electron chi connectivity index (χ0n) is 12.0. The summed E-state index contributed by atoms with van der Waals surface area (Å²) in [7, 11) is 0. The molecule has 0 bridgehead atoms. The van der Waals surface area contributed by atoms with Gasteiger partial charge >= 0.3 is 5.97 Å². The van der Waals surface area contributed by atoms with Crippen molar-refractivity contribution in [2.24, 2.45) is 11.3 Å². The molecular weight excluding hydrogens is 260 g/mol. The average molecular weight is 284 g/mol. The van der Waals surface area contributed by atoms with Crippen LogP contribution in [0.3, 0.4) is 0 Å². The molecular formula is C14H24N2O4. The van der Waals surface area contributed by atoms with Gasteiger partial charge in [-0.3, -0.25) is 9.59 Å². The number of hydrogen-bond acceptors (Lipinski definition) is 4. The summed E-state index contributed by atoms with van der Waals surface area (Å²) in [6.45, 7) is 4.11. The molecule has 0 aromatic carbocycles. The van der Waals surface area contributed by atoms with Crippen molar-refractivity contribution in [1.82, 2.24) is 10.6 Å². The first kappa shape index (κ1) is 15.3. The summed E-state index contributed by atoms with van der Waals surface area (Å²) in [6, 6.07) is -0.430. The first-order valence-corrected chi connectivity index (χ1v) is 7.33. The normalized spacial score (nSPS) is 31.1. The van der Waals surface area contributed by atoms with Gasteiger partial charge in [0.1, 0.15) is 5.41 Å². The number of nitrogens with one attached hydrogen (secondary N) is 2. The fraction of sp³-hybridized carbons (Fsp3) is 0.857. The molecule has 2 atom stereocenters. The Morgan fingerprint density at radius 2 is 2.10 bits per heavy atom. The Labute approximate surface area is 119 Å². The number of carboxylic acids is 1. The van der Waals surface area contributed by atoms with E-state index in [0.717, 1.165) is 32.4 Å². The van der Waals surface area contributed by atoms with Crippen LogP contribution >= 0.6 is 0 Å². The highest BCUT2D eigenvalue weighted by atomic mass is 16.5. The van der Waals surface area contributed by atoms with E-state index in [4.69, 9.17) is 4.74 Å². The van der Waals surface area contributed by atoms with E-state index >= 15 is 0 Å². The van der Waals surface area contributed by atoms with Gasteiger partial charge in [-0.1, -0.05) is 0 Å². The van der Waals surface area contributed by atoms with Gasteiger partial charge in [-0.25, -0.2) is 0 Å². The van der Waals surface area contributed by atoms with E-state index in [2.05, 4.69) is 10.6 Å². The summed E-state index contributed by atoms with van der Waals surface area (Å²) in [5.74, 6) is -0.377. The minimum atomic E-state index is -1.01. The van der Waals surface area contributed by atoms with Crippen molar-refractivity contribution >= 4 is 11.9 Å². The summed E-state index contributed by atoms with van der Waals surface area (Å²) < 4.78 is 5.23. The number of ether oxygens (including phenoxy) is 1. The fourth-order valence-electron chi connectivity index (χ4n) is 2.86. The summed E-state index contributed by atoms with van der Waals surface area (Å²) >= 11 is 0. The highest BCUT2D eigenvalue weighted by Crippen LogP contribution is 2.29. The Kier molecular flexibility index (Phi) is 4.99. The number of aliphatic carboxylic acids is 1. The van der Waals surface area contributed by atoms with Crippen LogP contribution in [0.15, 0.2) is 0 Å². The SMILES string of the molecule is CC1(C(=O)O)COCC1NC(=O)CCC1CCNCC1. The molecule has 3 N–H and O–H groups in total. The molecule has 2 fully saturated rings. The number of carbonyl (C=O) groups is 2. The Morgan fingerprint density at radius 1 is 1.40 bits per heavy atom. The molecule has 0 saturated carbocycles. The van der Waals surface area contributed by atoms with Gasteiger partial charge in [0, 0.05) is 6.42 Å². The van der Waals surface area contributed by atoms with Crippen LogP contribution < -0.4 is 10.6 Å². The number of rotatable bonds is 5. The fourth-order valence-corrected chi connectivity index (χ4v) is 2.86. The van der Waals surface area contributed by atoms with E-state index in [1.807, 2.05) is 0 Å². The van der Waals surface area contributed by atoms with E-state index in [-0.39, 0.29) is 19.1 Å². The van der Waals surface area contributed by atoms with Crippen molar-refractivity contribution in [2.45, 2.75) is 38.6 Å². The van der Waals surface area contributed by atoms with Crippen molar-refractivity contribution in [3.05, 3.63) is 0 Å². The van der Waals surface area contributed by atoms with E-state index in [1.54, 1.807) is 6.92 Å². The van der Waals surface area contributed by atoms with Crippen LogP contribution in [-0.2, 0) is 14.3 Å². The smallest absolute Gasteiger partial charge is 0.313 e.